The molecule has 0 bridgehead atoms. The van der Waals surface area contributed by atoms with Crippen LogP contribution in [-0.2, 0) is 4.79 Å². The molecule has 0 saturated carbocycles. The van der Waals surface area contributed by atoms with Gasteiger partial charge in [-0.05, 0) is 12.1 Å². The van der Waals surface area contributed by atoms with E-state index in [0.29, 0.717) is 0 Å². The maximum absolute atomic E-state index is 12.3. The van der Waals surface area contributed by atoms with E-state index in [9.17, 15) is 30.3 Å². The summed E-state index contributed by atoms with van der Waals surface area (Å²) in [7, 11) is 1.35. The van der Waals surface area contributed by atoms with Crippen molar-refractivity contribution < 1.29 is 19.4 Å². The Morgan fingerprint density at radius 3 is 2.46 bits per heavy atom. The Hall–Kier alpha value is -4.46. The van der Waals surface area contributed by atoms with Crippen LogP contribution in [0.15, 0.2) is 54.2 Å². The number of anilines is 2. The Bertz CT molecular complexity index is 1010. The SMILES string of the molecule is COc1ccc([N+](=O)[O-])cc1N/C=C(/C#N)C(=O)Nc1ccccc1[N+](=O)[O-]. The lowest BCUT2D eigenvalue weighted by atomic mass is 10.2. The summed E-state index contributed by atoms with van der Waals surface area (Å²) in [6, 6.07) is 10.9. The predicted octanol–water partition coefficient (Wildman–Crippen LogP) is 2.97. The third kappa shape index (κ3) is 4.58. The van der Waals surface area contributed by atoms with Crippen LogP contribution in [0, 0.1) is 31.6 Å². The number of rotatable bonds is 7. The summed E-state index contributed by atoms with van der Waals surface area (Å²) in [5, 5.41) is 36.0. The van der Waals surface area contributed by atoms with Crippen LogP contribution >= 0.6 is 0 Å². The smallest absolute Gasteiger partial charge is 0.292 e. The van der Waals surface area contributed by atoms with Gasteiger partial charge in [0.2, 0.25) is 0 Å². The van der Waals surface area contributed by atoms with Gasteiger partial charge in [0.15, 0.2) is 0 Å². The Labute approximate surface area is 158 Å². The minimum absolute atomic E-state index is 0.0772. The van der Waals surface area contributed by atoms with Crippen molar-refractivity contribution in [2.24, 2.45) is 0 Å². The van der Waals surface area contributed by atoms with Gasteiger partial charge < -0.3 is 15.4 Å². The summed E-state index contributed by atoms with van der Waals surface area (Å²) in [5.41, 5.74) is -0.887. The summed E-state index contributed by atoms with van der Waals surface area (Å²) in [4.78, 5) is 32.9. The van der Waals surface area contributed by atoms with Gasteiger partial charge >= 0.3 is 0 Å². The van der Waals surface area contributed by atoms with E-state index < -0.39 is 21.3 Å². The number of carbonyl (C=O) groups excluding carboxylic acids is 1. The number of methoxy groups -OCH3 is 1. The average molecular weight is 383 g/mol. The molecule has 28 heavy (non-hydrogen) atoms. The summed E-state index contributed by atoms with van der Waals surface area (Å²) in [5.74, 6) is -0.646. The number of amides is 1. The number of benzene rings is 2. The van der Waals surface area contributed by atoms with Crippen LogP contribution in [0.2, 0.25) is 0 Å². The van der Waals surface area contributed by atoms with E-state index in [2.05, 4.69) is 10.6 Å². The van der Waals surface area contributed by atoms with Crippen LogP contribution in [0.4, 0.5) is 22.7 Å². The number of ether oxygens (including phenoxy) is 1. The van der Waals surface area contributed by atoms with Crippen molar-refractivity contribution in [2.45, 2.75) is 0 Å². The van der Waals surface area contributed by atoms with Gasteiger partial charge in [-0.25, -0.2) is 0 Å². The zero-order chi connectivity index (χ0) is 20.7. The third-order valence-electron chi connectivity index (χ3n) is 3.48. The van der Waals surface area contributed by atoms with E-state index >= 15 is 0 Å². The average Bonchev–Trinajstić information content (AvgIpc) is 2.68. The van der Waals surface area contributed by atoms with E-state index in [4.69, 9.17) is 4.74 Å². The largest absolute Gasteiger partial charge is 0.495 e. The molecule has 0 aliphatic heterocycles. The third-order valence-corrected chi connectivity index (χ3v) is 3.48. The second-order valence-corrected chi connectivity index (χ2v) is 5.18. The van der Waals surface area contributed by atoms with Crippen LogP contribution in [0.1, 0.15) is 0 Å². The number of non-ortho nitro benzene ring substituents is 1. The molecule has 1 amide bonds. The first-order valence-corrected chi connectivity index (χ1v) is 7.61. The van der Waals surface area contributed by atoms with Gasteiger partial charge in [0.1, 0.15) is 23.1 Å². The molecule has 2 N–H and O–H groups in total. The predicted molar refractivity (Wildman–Crippen MR) is 98.7 cm³/mol. The molecule has 0 radical (unpaired) electrons. The lowest BCUT2D eigenvalue weighted by molar-refractivity contribution is -0.384. The molecule has 2 aromatic carbocycles. The molecular formula is C17H13N5O6. The number of nitro benzene ring substituents is 2. The molecule has 0 heterocycles. The van der Waals surface area contributed by atoms with Crippen LogP contribution in [0.5, 0.6) is 5.75 Å². The molecule has 0 unspecified atom stereocenters. The maximum atomic E-state index is 12.3. The van der Waals surface area contributed by atoms with Crippen molar-refractivity contribution in [2.75, 3.05) is 17.7 Å². The van der Waals surface area contributed by atoms with Crippen LogP contribution in [0.3, 0.4) is 0 Å². The lowest BCUT2D eigenvalue weighted by Crippen LogP contribution is -2.15. The molecular weight excluding hydrogens is 370 g/mol. The lowest BCUT2D eigenvalue weighted by Gasteiger charge is -2.09. The second-order valence-electron chi connectivity index (χ2n) is 5.18. The van der Waals surface area contributed by atoms with Gasteiger partial charge in [-0.15, -0.1) is 0 Å². The highest BCUT2D eigenvalue weighted by atomic mass is 16.6. The fourth-order valence-electron chi connectivity index (χ4n) is 2.15. The monoisotopic (exact) mass is 383 g/mol. The molecule has 0 spiro atoms. The molecule has 2 aromatic rings. The first-order chi connectivity index (χ1) is 13.4. The molecule has 2 rings (SSSR count). The summed E-state index contributed by atoms with van der Waals surface area (Å²) in [6.07, 6.45) is 1.02. The van der Waals surface area contributed by atoms with Gasteiger partial charge in [0.25, 0.3) is 17.3 Å². The van der Waals surface area contributed by atoms with E-state index in [1.165, 1.54) is 49.6 Å². The standard InChI is InChI=1S/C17H13N5O6/c1-28-16-7-6-12(21(24)25)8-14(16)19-10-11(9-18)17(23)20-13-4-2-3-5-15(13)22(26)27/h2-8,10,19H,1H3,(H,20,23)/b11-10-. The van der Waals surface area contributed by atoms with Crippen molar-refractivity contribution in [1.82, 2.24) is 0 Å². The van der Waals surface area contributed by atoms with Crippen molar-refractivity contribution in [3.63, 3.8) is 0 Å². The highest BCUT2D eigenvalue weighted by Crippen LogP contribution is 2.29. The number of carbonyl (C=O) groups is 1. The quantitative estimate of drug-likeness (QED) is 0.319. The maximum Gasteiger partial charge on any atom is 0.292 e. The highest BCUT2D eigenvalue weighted by Gasteiger charge is 2.17. The van der Waals surface area contributed by atoms with Gasteiger partial charge in [0.05, 0.1) is 22.6 Å². The Kier molecular flexibility index (Phi) is 6.22. The zero-order valence-electron chi connectivity index (χ0n) is 14.4. The van der Waals surface area contributed by atoms with Gasteiger partial charge in [0, 0.05) is 24.4 Å². The summed E-state index contributed by atoms with van der Waals surface area (Å²) in [6.45, 7) is 0. The van der Waals surface area contributed by atoms with Crippen molar-refractivity contribution >= 4 is 28.7 Å². The second kappa shape index (κ2) is 8.77. The molecule has 142 valence electrons. The fourth-order valence-corrected chi connectivity index (χ4v) is 2.15. The van der Waals surface area contributed by atoms with Gasteiger partial charge in [-0.3, -0.25) is 25.0 Å². The molecule has 11 heteroatoms. The van der Waals surface area contributed by atoms with E-state index in [1.807, 2.05) is 0 Å². The Morgan fingerprint density at radius 2 is 1.86 bits per heavy atom. The molecule has 0 atom stereocenters. The molecule has 11 nitrogen and oxygen atoms in total. The zero-order valence-corrected chi connectivity index (χ0v) is 14.4. The van der Waals surface area contributed by atoms with E-state index in [0.717, 1.165) is 6.20 Å². The number of para-hydroxylation sites is 2. The Balaban J connectivity index is 2.26. The summed E-state index contributed by atoms with van der Waals surface area (Å²) >= 11 is 0. The summed E-state index contributed by atoms with van der Waals surface area (Å²) < 4.78 is 5.07. The minimum Gasteiger partial charge on any atom is -0.495 e. The van der Waals surface area contributed by atoms with Crippen molar-refractivity contribution in [1.29, 1.82) is 5.26 Å². The molecule has 0 saturated heterocycles. The highest BCUT2D eigenvalue weighted by molar-refractivity contribution is 6.07. The molecule has 0 aromatic heterocycles. The molecule has 0 fully saturated rings. The first kappa shape index (κ1) is 19.9. The number of nitro groups is 2. The topological polar surface area (TPSA) is 160 Å². The number of hydrogen-bond donors (Lipinski definition) is 2. The minimum atomic E-state index is -0.895. The van der Waals surface area contributed by atoms with E-state index in [-0.39, 0.29) is 28.5 Å². The number of hydrogen-bond acceptors (Lipinski definition) is 8. The van der Waals surface area contributed by atoms with Gasteiger partial charge in [-0.1, -0.05) is 12.1 Å². The Morgan fingerprint density at radius 1 is 1.14 bits per heavy atom. The number of nitrogens with zero attached hydrogens (tertiary/aromatic N) is 3. The first-order valence-electron chi connectivity index (χ1n) is 7.61. The number of nitriles is 1. The number of nitrogens with one attached hydrogen (secondary N) is 2. The van der Waals surface area contributed by atoms with Crippen molar-refractivity contribution in [3.05, 3.63) is 74.5 Å². The fraction of sp³-hybridized carbons (Fsp3) is 0.0588. The van der Waals surface area contributed by atoms with Crippen molar-refractivity contribution in [3.8, 4) is 11.8 Å². The normalized spacial score (nSPS) is 10.5. The van der Waals surface area contributed by atoms with E-state index in [1.54, 1.807) is 6.07 Å². The molecule has 0 aliphatic rings. The van der Waals surface area contributed by atoms with Crippen LogP contribution < -0.4 is 15.4 Å². The molecule has 0 aliphatic carbocycles. The van der Waals surface area contributed by atoms with Crippen LogP contribution in [0.25, 0.3) is 0 Å². The van der Waals surface area contributed by atoms with Crippen LogP contribution in [-0.4, -0.2) is 22.9 Å². The van der Waals surface area contributed by atoms with Gasteiger partial charge in [-0.2, -0.15) is 5.26 Å².